The monoisotopic (exact) mass is 240 g/mol. The maximum Gasteiger partial charge on any atom is 0.322 e. The number of nitrogens with one attached hydrogen (secondary N) is 1. The van der Waals surface area contributed by atoms with Crippen molar-refractivity contribution in [2.45, 2.75) is 50.6 Å². The molecule has 0 aromatic carbocycles. The summed E-state index contributed by atoms with van der Waals surface area (Å²) in [7, 11) is 1.74. The number of likely N-dealkylation sites (tertiary alicyclic amines) is 1. The summed E-state index contributed by atoms with van der Waals surface area (Å²) in [5.41, 5.74) is 0. The van der Waals surface area contributed by atoms with Gasteiger partial charge in [-0.25, -0.2) is 0 Å². The molecule has 4 heteroatoms. The maximum atomic E-state index is 11.1. The van der Waals surface area contributed by atoms with Crippen LogP contribution in [0.4, 0.5) is 0 Å². The second-order valence-corrected chi connectivity index (χ2v) is 5.43. The molecule has 2 rings (SSSR count). The second-order valence-electron chi connectivity index (χ2n) is 5.43. The zero-order valence-corrected chi connectivity index (χ0v) is 10.7. The maximum absolute atomic E-state index is 11.1. The molecular formula is C13H24N2O2. The van der Waals surface area contributed by atoms with Crippen molar-refractivity contribution in [2.24, 2.45) is 5.92 Å². The van der Waals surface area contributed by atoms with E-state index in [1.165, 1.54) is 38.5 Å². The summed E-state index contributed by atoms with van der Waals surface area (Å²) in [6, 6.07) is 0.225. The minimum atomic E-state index is -0.731. The average molecular weight is 240 g/mol. The molecule has 0 aromatic rings. The van der Waals surface area contributed by atoms with Crippen LogP contribution >= 0.6 is 0 Å². The molecule has 3 atom stereocenters. The first-order valence-electron chi connectivity index (χ1n) is 6.86. The Bertz CT molecular complexity index is 268. The lowest BCUT2D eigenvalue weighted by Crippen LogP contribution is -2.53. The van der Waals surface area contributed by atoms with E-state index in [0.717, 1.165) is 12.5 Å². The highest BCUT2D eigenvalue weighted by molar-refractivity contribution is 5.73. The van der Waals surface area contributed by atoms with E-state index in [0.29, 0.717) is 12.6 Å². The van der Waals surface area contributed by atoms with Gasteiger partial charge in [0.25, 0.3) is 0 Å². The number of hydrogen-bond acceptors (Lipinski definition) is 3. The van der Waals surface area contributed by atoms with Crippen LogP contribution in [0.1, 0.15) is 38.5 Å². The van der Waals surface area contributed by atoms with E-state index in [4.69, 9.17) is 5.11 Å². The molecule has 17 heavy (non-hydrogen) atoms. The molecule has 2 fully saturated rings. The summed E-state index contributed by atoms with van der Waals surface area (Å²) in [6.45, 7) is 1.74. The fourth-order valence-corrected chi connectivity index (χ4v) is 3.48. The number of rotatable bonds is 4. The van der Waals surface area contributed by atoms with E-state index in [2.05, 4.69) is 10.2 Å². The van der Waals surface area contributed by atoms with Crippen molar-refractivity contribution in [2.75, 3.05) is 20.1 Å². The van der Waals surface area contributed by atoms with E-state index < -0.39 is 12.0 Å². The summed E-state index contributed by atoms with van der Waals surface area (Å²) in [5, 5.41) is 12.0. The molecule has 0 radical (unpaired) electrons. The summed E-state index contributed by atoms with van der Waals surface area (Å²) in [4.78, 5) is 13.5. The van der Waals surface area contributed by atoms with E-state index in [9.17, 15) is 4.79 Å². The summed E-state index contributed by atoms with van der Waals surface area (Å²) < 4.78 is 0. The van der Waals surface area contributed by atoms with Gasteiger partial charge in [0.15, 0.2) is 0 Å². The van der Waals surface area contributed by atoms with Crippen LogP contribution in [0.2, 0.25) is 0 Å². The molecular weight excluding hydrogens is 216 g/mol. The molecule has 1 saturated heterocycles. The second kappa shape index (κ2) is 5.83. The quantitative estimate of drug-likeness (QED) is 0.778. The third-order valence-electron chi connectivity index (χ3n) is 4.42. The highest BCUT2D eigenvalue weighted by atomic mass is 16.4. The Morgan fingerprint density at radius 2 is 2.06 bits per heavy atom. The van der Waals surface area contributed by atoms with Crippen LogP contribution < -0.4 is 5.32 Å². The van der Waals surface area contributed by atoms with Crippen molar-refractivity contribution < 1.29 is 9.90 Å². The first kappa shape index (κ1) is 12.8. The zero-order valence-electron chi connectivity index (χ0n) is 10.7. The van der Waals surface area contributed by atoms with Gasteiger partial charge in [0, 0.05) is 12.6 Å². The van der Waals surface area contributed by atoms with Crippen molar-refractivity contribution in [1.82, 2.24) is 10.2 Å². The molecule has 2 aliphatic rings. The van der Waals surface area contributed by atoms with Gasteiger partial charge >= 0.3 is 5.97 Å². The minimum Gasteiger partial charge on any atom is -0.480 e. The Kier molecular flexibility index (Phi) is 4.40. The number of likely N-dealkylation sites (N-methyl/N-ethyl adjacent to an activating group) is 1. The van der Waals surface area contributed by atoms with Gasteiger partial charge in [0.1, 0.15) is 6.04 Å². The number of aliphatic carboxylic acids is 1. The molecule has 0 bridgehead atoms. The van der Waals surface area contributed by atoms with Gasteiger partial charge in [-0.15, -0.1) is 0 Å². The van der Waals surface area contributed by atoms with Gasteiger partial charge in [-0.3, -0.25) is 9.69 Å². The topological polar surface area (TPSA) is 52.6 Å². The highest BCUT2D eigenvalue weighted by Gasteiger charge is 2.34. The molecule has 3 unspecified atom stereocenters. The first-order chi connectivity index (χ1) is 8.22. The molecule has 0 amide bonds. The summed E-state index contributed by atoms with van der Waals surface area (Å²) >= 11 is 0. The van der Waals surface area contributed by atoms with Gasteiger partial charge in [0.2, 0.25) is 0 Å². The lowest BCUT2D eigenvalue weighted by Gasteiger charge is -2.44. The third kappa shape index (κ3) is 2.99. The van der Waals surface area contributed by atoms with Crippen LogP contribution in [-0.4, -0.2) is 48.2 Å². The Hall–Kier alpha value is -0.610. The Morgan fingerprint density at radius 3 is 2.76 bits per heavy atom. The Morgan fingerprint density at radius 1 is 1.35 bits per heavy atom. The van der Waals surface area contributed by atoms with Crippen LogP contribution in [0.5, 0.6) is 0 Å². The molecule has 0 spiro atoms. The number of hydrogen-bond donors (Lipinski definition) is 2. The third-order valence-corrected chi connectivity index (χ3v) is 4.42. The van der Waals surface area contributed by atoms with Crippen molar-refractivity contribution >= 4 is 5.97 Å². The van der Waals surface area contributed by atoms with Gasteiger partial charge < -0.3 is 10.4 Å². The number of carboxylic acids is 1. The number of piperidine rings is 1. The summed E-state index contributed by atoms with van der Waals surface area (Å²) in [5.74, 6) is 0.0919. The molecule has 2 N–H and O–H groups in total. The molecule has 4 nitrogen and oxygen atoms in total. The largest absolute Gasteiger partial charge is 0.480 e. The minimum absolute atomic E-state index is 0.421. The highest BCUT2D eigenvalue weighted by Crippen LogP contribution is 2.35. The number of nitrogens with zero attached hydrogens (tertiary/aromatic N) is 1. The van der Waals surface area contributed by atoms with Crippen molar-refractivity contribution in [3.05, 3.63) is 0 Å². The van der Waals surface area contributed by atoms with Gasteiger partial charge in [-0.1, -0.05) is 12.8 Å². The summed E-state index contributed by atoms with van der Waals surface area (Å²) in [6.07, 6.45) is 7.87. The predicted molar refractivity (Wildman–Crippen MR) is 67.0 cm³/mol. The number of carbonyl (C=O) groups is 1. The smallest absolute Gasteiger partial charge is 0.322 e. The SMILES string of the molecule is CNC(CN1CCCC2CCCCC21)C(=O)O. The molecule has 98 valence electrons. The molecule has 0 aromatic heterocycles. The lowest BCUT2D eigenvalue weighted by molar-refractivity contribution is -0.140. The van der Waals surface area contributed by atoms with E-state index >= 15 is 0 Å². The predicted octanol–water partition coefficient (Wildman–Crippen LogP) is 1.31. The van der Waals surface area contributed by atoms with E-state index in [1.807, 2.05) is 0 Å². The van der Waals surface area contributed by atoms with Crippen molar-refractivity contribution in [3.63, 3.8) is 0 Å². The molecule has 1 saturated carbocycles. The van der Waals surface area contributed by atoms with Crippen molar-refractivity contribution in [1.29, 1.82) is 0 Å². The first-order valence-corrected chi connectivity index (χ1v) is 6.86. The van der Waals surface area contributed by atoms with Crippen LogP contribution in [0.15, 0.2) is 0 Å². The number of carboxylic acid groups (broad SMARTS) is 1. The van der Waals surface area contributed by atoms with Crippen molar-refractivity contribution in [3.8, 4) is 0 Å². The fourth-order valence-electron chi connectivity index (χ4n) is 3.48. The Labute approximate surface area is 103 Å². The van der Waals surface area contributed by atoms with Gasteiger partial charge in [-0.2, -0.15) is 0 Å². The van der Waals surface area contributed by atoms with Crippen LogP contribution in [0.25, 0.3) is 0 Å². The molecule has 1 aliphatic heterocycles. The van der Waals surface area contributed by atoms with Gasteiger partial charge in [0.05, 0.1) is 0 Å². The van der Waals surface area contributed by atoms with Gasteiger partial charge in [-0.05, 0) is 45.2 Å². The average Bonchev–Trinajstić information content (AvgIpc) is 2.35. The molecule has 1 aliphatic carbocycles. The van der Waals surface area contributed by atoms with E-state index in [-0.39, 0.29) is 0 Å². The molecule has 1 heterocycles. The standard InChI is InChI=1S/C13H24N2O2/c1-14-11(13(16)17)9-15-8-4-6-10-5-2-3-7-12(10)15/h10-12,14H,2-9H2,1H3,(H,16,17). The fraction of sp³-hybridized carbons (Fsp3) is 0.923. The zero-order chi connectivity index (χ0) is 12.3. The Balaban J connectivity index is 1.96. The van der Waals surface area contributed by atoms with Crippen LogP contribution in [0.3, 0.4) is 0 Å². The number of fused-ring (bicyclic) bond motifs is 1. The normalized spacial score (nSPS) is 31.8. The van der Waals surface area contributed by atoms with E-state index in [1.54, 1.807) is 7.05 Å². The lowest BCUT2D eigenvalue weighted by atomic mass is 9.78. The van der Waals surface area contributed by atoms with Crippen LogP contribution in [0, 0.1) is 5.92 Å². The van der Waals surface area contributed by atoms with Crippen LogP contribution in [-0.2, 0) is 4.79 Å².